The number of benzene rings is 1. The smallest absolute Gasteiger partial charge is 0.413 e. The molecule has 1 rings (SSSR count). The molecule has 3 N–H and O–H groups in total. The van der Waals surface area contributed by atoms with E-state index in [1.165, 1.54) is 19.5 Å². The Morgan fingerprint density at radius 3 is 2.12 bits per heavy atom. The molecule has 334 valence electrons. The number of nitrogens with zero attached hydrogens (tertiary/aromatic N) is 1. The van der Waals surface area contributed by atoms with Crippen LogP contribution in [0.1, 0.15) is 117 Å². The van der Waals surface area contributed by atoms with Gasteiger partial charge in [0.05, 0.1) is 26.1 Å². The Bertz CT molecular complexity index is 1620. The zero-order valence-corrected chi connectivity index (χ0v) is 36.0. The number of ketones is 1. The summed E-state index contributed by atoms with van der Waals surface area (Å²) in [6.45, 7) is 6.36. The minimum atomic E-state index is -3.11. The molecule has 4 atom stereocenters. The number of Topliss-reactive ketones (excluding diaryl/α,β-unsaturated/α-hetero) is 1. The van der Waals surface area contributed by atoms with E-state index < -0.39 is 72.7 Å². The monoisotopic (exact) mass is 844 g/mol. The SMILES string of the molecule is CC#CCOc1ccc(C[C@H](NC(=O)[C@@H](C=CCCCCCCC(=O)CCCCCCC)[C@@](O)(CC(=O)OC(C)OC(=O)N(C)CC(=O)OCC)C(=O)O)C(=O)OC)cc1. The van der Waals surface area contributed by atoms with Crippen molar-refractivity contribution in [1.82, 2.24) is 10.2 Å². The number of amides is 2. The molecule has 1 aromatic carbocycles. The maximum absolute atomic E-state index is 13.9. The van der Waals surface area contributed by atoms with Crippen molar-refractivity contribution >= 4 is 41.7 Å². The van der Waals surface area contributed by atoms with E-state index in [1.54, 1.807) is 38.1 Å². The van der Waals surface area contributed by atoms with Crippen LogP contribution in [-0.2, 0) is 54.1 Å². The third-order valence-electron chi connectivity index (χ3n) is 9.25. The first-order valence-corrected chi connectivity index (χ1v) is 20.5. The van der Waals surface area contributed by atoms with E-state index in [1.807, 2.05) is 0 Å². The Labute approximate surface area is 353 Å². The molecule has 0 radical (unpaired) electrons. The molecule has 16 nitrogen and oxygen atoms in total. The number of carbonyl (C=O) groups excluding carboxylic acids is 6. The molecule has 0 aliphatic heterocycles. The number of carboxylic acid groups (broad SMARTS) is 1. The minimum Gasteiger partial charge on any atom is -0.481 e. The summed E-state index contributed by atoms with van der Waals surface area (Å²) in [5.41, 5.74) is -2.53. The summed E-state index contributed by atoms with van der Waals surface area (Å²) in [7, 11) is 2.35. The van der Waals surface area contributed by atoms with Crippen molar-refractivity contribution in [1.29, 1.82) is 0 Å². The van der Waals surface area contributed by atoms with Crippen molar-refractivity contribution in [3.05, 3.63) is 42.0 Å². The van der Waals surface area contributed by atoms with E-state index in [2.05, 4.69) is 24.1 Å². The molecule has 0 bridgehead atoms. The van der Waals surface area contributed by atoms with Crippen LogP contribution in [0.3, 0.4) is 0 Å². The molecular formula is C44H64N2O14. The van der Waals surface area contributed by atoms with Gasteiger partial charge in [-0.15, -0.1) is 5.92 Å². The molecule has 2 amide bonds. The lowest BCUT2D eigenvalue weighted by Crippen LogP contribution is -2.55. The highest BCUT2D eigenvalue weighted by Crippen LogP contribution is 2.27. The average Bonchev–Trinajstić information content (AvgIpc) is 3.19. The Hall–Kier alpha value is -5.43. The maximum Gasteiger partial charge on any atom is 0.413 e. The van der Waals surface area contributed by atoms with Crippen molar-refractivity contribution in [3.8, 4) is 17.6 Å². The van der Waals surface area contributed by atoms with Crippen molar-refractivity contribution in [2.24, 2.45) is 5.92 Å². The fourth-order valence-corrected chi connectivity index (χ4v) is 5.92. The minimum absolute atomic E-state index is 0.0852. The Kier molecular flexibility index (Phi) is 26.1. The van der Waals surface area contributed by atoms with Gasteiger partial charge in [-0.25, -0.2) is 14.4 Å². The standard InChI is InChI=1S/C44H64N2O14/c1-7-10-12-15-18-21-34(47)22-19-16-13-14-17-20-23-36(40(50)45-37(41(51)56-6)29-33-24-26-35(27-25-33)58-28-11-8-2)44(55,42(52)53)30-38(48)59-32(4)60-43(54)46(5)31-39(49)57-9-3/h20,23-27,32,36-37,55H,7,9-10,12-19,21-22,28-31H2,1-6H3,(H,45,50)(H,52,53)/t32?,36-,37+,44+/m1/s1. The van der Waals surface area contributed by atoms with Crippen LogP contribution in [0, 0.1) is 17.8 Å². The molecule has 60 heavy (non-hydrogen) atoms. The fourth-order valence-electron chi connectivity index (χ4n) is 5.92. The summed E-state index contributed by atoms with van der Waals surface area (Å²) in [5.74, 6) is -1.65. The number of allylic oxidation sites excluding steroid dienone is 1. The first kappa shape index (κ1) is 52.6. The number of hydrogen-bond donors (Lipinski definition) is 3. The van der Waals surface area contributed by atoms with Gasteiger partial charge in [0.15, 0.2) is 5.60 Å². The maximum atomic E-state index is 13.9. The second-order valence-electron chi connectivity index (χ2n) is 14.2. The fraction of sp³-hybridized carbons (Fsp3) is 0.614. The highest BCUT2D eigenvalue weighted by Gasteiger charge is 2.50. The van der Waals surface area contributed by atoms with Crippen LogP contribution in [0.2, 0.25) is 0 Å². The zero-order valence-electron chi connectivity index (χ0n) is 36.0. The van der Waals surface area contributed by atoms with Crippen LogP contribution in [0.4, 0.5) is 4.79 Å². The average molecular weight is 845 g/mol. The number of aliphatic carboxylic acids is 1. The van der Waals surface area contributed by atoms with Gasteiger partial charge in [-0.1, -0.05) is 75.7 Å². The van der Waals surface area contributed by atoms with Gasteiger partial charge in [0.25, 0.3) is 0 Å². The number of carboxylic acids is 1. The highest BCUT2D eigenvalue weighted by molar-refractivity contribution is 5.95. The van der Waals surface area contributed by atoms with Gasteiger partial charge in [0.2, 0.25) is 12.2 Å². The highest BCUT2D eigenvalue weighted by atomic mass is 16.7. The van der Waals surface area contributed by atoms with Gasteiger partial charge < -0.3 is 44.1 Å². The molecule has 0 saturated heterocycles. The van der Waals surface area contributed by atoms with Crippen LogP contribution >= 0.6 is 0 Å². The second-order valence-corrected chi connectivity index (χ2v) is 14.2. The van der Waals surface area contributed by atoms with Crippen molar-refractivity contribution in [2.45, 2.75) is 136 Å². The normalized spacial score (nSPS) is 13.3. The molecule has 16 heteroatoms. The second kappa shape index (κ2) is 29.7. The predicted octanol–water partition coefficient (Wildman–Crippen LogP) is 5.46. The predicted molar refractivity (Wildman–Crippen MR) is 220 cm³/mol. The number of ether oxygens (including phenoxy) is 5. The Balaban J connectivity index is 3.17. The summed E-state index contributed by atoms with van der Waals surface area (Å²) < 4.78 is 25.3. The van der Waals surface area contributed by atoms with Gasteiger partial charge in [0.1, 0.15) is 30.7 Å². The largest absolute Gasteiger partial charge is 0.481 e. The molecule has 0 aromatic heterocycles. The number of rotatable bonds is 30. The summed E-state index contributed by atoms with van der Waals surface area (Å²) in [4.78, 5) is 89.9. The molecule has 0 aliphatic rings. The van der Waals surface area contributed by atoms with E-state index in [0.29, 0.717) is 37.0 Å². The first-order chi connectivity index (χ1) is 28.6. The van der Waals surface area contributed by atoms with Crippen LogP contribution < -0.4 is 10.1 Å². The van der Waals surface area contributed by atoms with Crippen molar-refractivity contribution in [3.63, 3.8) is 0 Å². The number of aliphatic hydroxyl groups is 1. The zero-order chi connectivity index (χ0) is 44.9. The van der Waals surface area contributed by atoms with Crippen LogP contribution in [0.25, 0.3) is 0 Å². The summed E-state index contributed by atoms with van der Waals surface area (Å²) in [6.07, 6.45) is 8.36. The lowest BCUT2D eigenvalue weighted by Gasteiger charge is -2.30. The Morgan fingerprint density at radius 1 is 0.900 bits per heavy atom. The summed E-state index contributed by atoms with van der Waals surface area (Å²) in [5, 5.41) is 24.4. The number of likely N-dealkylation sites (N-methyl/N-ethyl adjacent to an activating group) is 1. The number of unbranched alkanes of at least 4 members (excludes halogenated alkanes) is 8. The molecule has 0 heterocycles. The number of carbonyl (C=O) groups is 7. The third-order valence-corrected chi connectivity index (χ3v) is 9.25. The lowest BCUT2D eigenvalue weighted by atomic mass is 9.82. The molecular weight excluding hydrogens is 780 g/mol. The quantitative estimate of drug-likeness (QED) is 0.0219. The molecule has 1 aromatic rings. The van der Waals surface area contributed by atoms with Gasteiger partial charge in [-0.05, 0) is 57.2 Å². The van der Waals surface area contributed by atoms with Crippen LogP contribution in [0.15, 0.2) is 36.4 Å². The summed E-state index contributed by atoms with van der Waals surface area (Å²) in [6, 6.07) is 5.27. The van der Waals surface area contributed by atoms with Crippen molar-refractivity contribution in [2.75, 3.05) is 33.9 Å². The molecule has 0 aliphatic carbocycles. The van der Waals surface area contributed by atoms with E-state index in [0.717, 1.165) is 70.0 Å². The third kappa shape index (κ3) is 21.0. The lowest BCUT2D eigenvalue weighted by molar-refractivity contribution is -0.183. The van der Waals surface area contributed by atoms with Gasteiger partial charge in [0, 0.05) is 33.2 Å². The molecule has 0 fully saturated rings. The Morgan fingerprint density at radius 2 is 1.53 bits per heavy atom. The number of methoxy groups -OCH3 is 1. The molecule has 0 spiro atoms. The number of nitrogens with one attached hydrogen (secondary N) is 1. The molecule has 1 unspecified atom stereocenters. The molecule has 0 saturated carbocycles. The van der Waals surface area contributed by atoms with Crippen LogP contribution in [-0.4, -0.2) is 109 Å². The first-order valence-electron chi connectivity index (χ1n) is 20.5. The van der Waals surface area contributed by atoms with E-state index in [4.69, 9.17) is 23.7 Å². The van der Waals surface area contributed by atoms with Gasteiger partial charge >= 0.3 is 30.0 Å². The van der Waals surface area contributed by atoms with Gasteiger partial charge in [-0.3, -0.25) is 19.2 Å². The van der Waals surface area contributed by atoms with E-state index in [-0.39, 0.29) is 25.4 Å². The van der Waals surface area contributed by atoms with E-state index >= 15 is 0 Å². The summed E-state index contributed by atoms with van der Waals surface area (Å²) >= 11 is 0. The number of hydrogen-bond acceptors (Lipinski definition) is 13. The van der Waals surface area contributed by atoms with Gasteiger partial charge in [-0.2, -0.15) is 0 Å². The van der Waals surface area contributed by atoms with Crippen molar-refractivity contribution < 1.29 is 67.5 Å². The van der Waals surface area contributed by atoms with E-state index in [9.17, 15) is 43.8 Å². The van der Waals surface area contributed by atoms with Crippen LogP contribution in [0.5, 0.6) is 5.75 Å². The topological polar surface area (TPSA) is 221 Å². The number of esters is 3.